The molecule has 3 aromatic heterocycles. The van der Waals surface area contributed by atoms with Gasteiger partial charge in [0.1, 0.15) is 23.0 Å². The predicted molar refractivity (Wildman–Crippen MR) is 141 cm³/mol. The van der Waals surface area contributed by atoms with Gasteiger partial charge in [-0.3, -0.25) is 0 Å². The number of hydrogen-bond acceptors (Lipinski definition) is 18. The molecule has 14 nitrogen and oxygen atoms in total. The van der Waals surface area contributed by atoms with Crippen molar-refractivity contribution in [1.82, 2.24) is 28.9 Å². The third-order valence-electron chi connectivity index (χ3n) is 4.07. The number of aryl methyl sites for hydroxylation is 2. The summed E-state index contributed by atoms with van der Waals surface area (Å²) >= 11 is 5.07. The summed E-state index contributed by atoms with van der Waals surface area (Å²) in [7, 11) is 3.57. The van der Waals surface area contributed by atoms with Gasteiger partial charge in [-0.1, -0.05) is 30.0 Å². The molecule has 0 aliphatic carbocycles. The van der Waals surface area contributed by atoms with Gasteiger partial charge in [0.15, 0.2) is 15.8 Å². The number of hydrogen-bond donors (Lipinski definition) is 1. The first-order chi connectivity index (χ1) is 17.3. The second kappa shape index (κ2) is 11.6. The van der Waals surface area contributed by atoms with Crippen LogP contribution >= 0.6 is 46.2 Å². The van der Waals surface area contributed by atoms with E-state index in [1.165, 1.54) is 11.3 Å². The van der Waals surface area contributed by atoms with E-state index in [1.54, 1.807) is 50.7 Å². The van der Waals surface area contributed by atoms with Crippen LogP contribution in [0.3, 0.4) is 0 Å². The standard InChI is InChI=1S/C18H19N13OS4/c1-6-33-18-28-27-17(34-18)26-22-11-7-10(21-24-15-19-8(2)29-35-15)13(31(4)5)12(14(11)32)23-25-16-20-9(3)30-36-16/h7,32H,6H2,1-5H3. The van der Waals surface area contributed by atoms with E-state index in [-0.39, 0.29) is 17.1 Å². The van der Waals surface area contributed by atoms with Crippen LogP contribution in [-0.4, -0.2) is 53.9 Å². The van der Waals surface area contributed by atoms with Gasteiger partial charge < -0.3 is 10.0 Å². The molecular formula is C18H19N13OS4. The van der Waals surface area contributed by atoms with Crippen molar-refractivity contribution in [3.05, 3.63) is 17.7 Å². The molecule has 18 heteroatoms. The first-order valence-electron chi connectivity index (χ1n) is 10.2. The van der Waals surface area contributed by atoms with Gasteiger partial charge in [0.25, 0.3) is 5.13 Å². The summed E-state index contributed by atoms with van der Waals surface area (Å²) in [5, 5.41) is 45.5. The molecule has 0 radical (unpaired) electrons. The molecule has 0 aliphatic heterocycles. The fraction of sp³-hybridized carbons (Fsp3) is 0.333. The minimum atomic E-state index is -0.245. The number of azo groups is 3. The average molecular weight is 562 g/mol. The lowest BCUT2D eigenvalue weighted by atomic mass is 10.1. The normalized spacial score (nSPS) is 12.0. The first-order valence-corrected chi connectivity index (χ1v) is 13.6. The van der Waals surface area contributed by atoms with Crippen molar-refractivity contribution in [2.24, 2.45) is 30.7 Å². The van der Waals surface area contributed by atoms with Crippen molar-refractivity contribution >= 4 is 84.3 Å². The molecule has 36 heavy (non-hydrogen) atoms. The molecule has 0 bridgehead atoms. The molecule has 1 N–H and O–H groups in total. The zero-order chi connectivity index (χ0) is 25.7. The zero-order valence-electron chi connectivity index (χ0n) is 19.7. The van der Waals surface area contributed by atoms with Gasteiger partial charge in [0.05, 0.1) is 5.69 Å². The Labute approximate surface area is 221 Å². The molecule has 3 heterocycles. The third kappa shape index (κ3) is 6.25. The second-order valence-electron chi connectivity index (χ2n) is 6.99. The summed E-state index contributed by atoms with van der Waals surface area (Å²) < 4.78 is 8.99. The Morgan fingerprint density at radius 3 is 2.06 bits per heavy atom. The molecule has 1 aromatic carbocycles. The highest BCUT2D eigenvalue weighted by atomic mass is 32.2. The highest BCUT2D eigenvalue weighted by Gasteiger charge is 2.21. The minimum absolute atomic E-state index is 0.102. The number of aromatic hydroxyl groups is 1. The molecule has 4 rings (SSSR count). The van der Waals surface area contributed by atoms with Gasteiger partial charge in [0.2, 0.25) is 10.3 Å². The van der Waals surface area contributed by atoms with Crippen molar-refractivity contribution in [3.63, 3.8) is 0 Å². The summed E-state index contributed by atoms with van der Waals surface area (Å²) in [6.07, 6.45) is 0. The summed E-state index contributed by atoms with van der Waals surface area (Å²) in [6.45, 7) is 5.55. The monoisotopic (exact) mass is 561 g/mol. The number of phenols is 1. The number of nitrogens with zero attached hydrogens (tertiary/aromatic N) is 13. The van der Waals surface area contributed by atoms with Crippen LogP contribution in [0.1, 0.15) is 18.6 Å². The van der Waals surface area contributed by atoms with Gasteiger partial charge in [-0.2, -0.15) is 8.75 Å². The van der Waals surface area contributed by atoms with E-state index in [1.807, 2.05) is 6.92 Å². The average Bonchev–Trinajstić information content (AvgIpc) is 3.58. The number of phenolic OH excluding ortho intramolecular Hbond substituents is 1. The van der Waals surface area contributed by atoms with Gasteiger partial charge >= 0.3 is 0 Å². The van der Waals surface area contributed by atoms with Gasteiger partial charge in [0, 0.05) is 37.2 Å². The summed E-state index contributed by atoms with van der Waals surface area (Å²) in [5.41, 5.74) is 1.04. The number of thioether (sulfide) groups is 1. The Hall–Kier alpha value is -3.35. The SMILES string of the molecule is CCSc1nnc(N=Nc2cc(N=Nc3nc(C)ns3)c(N(C)C)c(N=Nc3nc(C)ns3)c2O)s1. The number of aromatic nitrogens is 6. The smallest absolute Gasteiger partial charge is 0.252 e. The van der Waals surface area contributed by atoms with Crippen molar-refractivity contribution < 1.29 is 5.11 Å². The maximum absolute atomic E-state index is 11.1. The van der Waals surface area contributed by atoms with E-state index in [2.05, 4.69) is 59.6 Å². The topological polar surface area (TPSA) is 175 Å². The molecule has 0 amide bonds. The van der Waals surface area contributed by atoms with E-state index in [4.69, 9.17) is 0 Å². The van der Waals surface area contributed by atoms with Gasteiger partial charge in [-0.15, -0.1) is 40.9 Å². The van der Waals surface area contributed by atoms with Crippen molar-refractivity contribution in [2.45, 2.75) is 25.1 Å². The fourth-order valence-electron chi connectivity index (χ4n) is 2.67. The molecule has 0 saturated heterocycles. The second-order valence-corrected chi connectivity index (χ2v) is 10.9. The molecule has 186 valence electrons. The van der Waals surface area contributed by atoms with Crippen LogP contribution in [0.25, 0.3) is 0 Å². The van der Waals surface area contributed by atoms with Gasteiger partial charge in [-0.25, -0.2) is 9.97 Å². The lowest BCUT2D eigenvalue weighted by molar-refractivity contribution is 0.477. The van der Waals surface area contributed by atoms with Crippen molar-refractivity contribution in [3.8, 4) is 5.75 Å². The van der Waals surface area contributed by atoms with Crippen molar-refractivity contribution in [2.75, 3.05) is 24.7 Å². The van der Waals surface area contributed by atoms with Crippen LogP contribution in [0.15, 0.2) is 41.1 Å². The quantitative estimate of drug-likeness (QED) is 0.167. The molecule has 0 atom stereocenters. The first kappa shape index (κ1) is 25.7. The zero-order valence-corrected chi connectivity index (χ0v) is 22.9. The summed E-state index contributed by atoms with van der Waals surface area (Å²) in [6, 6.07) is 1.54. The Kier molecular flexibility index (Phi) is 8.28. The Morgan fingerprint density at radius 2 is 1.47 bits per heavy atom. The molecule has 0 unspecified atom stereocenters. The maximum Gasteiger partial charge on any atom is 0.252 e. The van der Waals surface area contributed by atoms with Crippen LogP contribution in [0.4, 0.5) is 38.1 Å². The molecule has 0 saturated carbocycles. The van der Waals surface area contributed by atoms with E-state index < -0.39 is 0 Å². The van der Waals surface area contributed by atoms with Crippen LogP contribution < -0.4 is 4.90 Å². The number of benzene rings is 1. The Morgan fingerprint density at radius 1 is 0.861 bits per heavy atom. The Balaban J connectivity index is 1.80. The number of rotatable bonds is 9. The fourth-order valence-corrected chi connectivity index (χ4v) is 5.24. The minimum Gasteiger partial charge on any atom is -0.504 e. The van der Waals surface area contributed by atoms with E-state index in [0.29, 0.717) is 38.4 Å². The third-order valence-corrected chi connectivity index (χ3v) is 7.28. The summed E-state index contributed by atoms with van der Waals surface area (Å²) in [5.74, 6) is 1.80. The van der Waals surface area contributed by atoms with Crippen molar-refractivity contribution in [1.29, 1.82) is 0 Å². The lowest BCUT2D eigenvalue weighted by Gasteiger charge is -2.18. The molecule has 0 fully saturated rings. The molecule has 0 spiro atoms. The highest BCUT2D eigenvalue weighted by molar-refractivity contribution is 8.01. The molecule has 4 aromatic rings. The number of anilines is 1. The molecule has 0 aliphatic rings. The van der Waals surface area contributed by atoms with Crippen LogP contribution in [0.5, 0.6) is 5.75 Å². The highest BCUT2D eigenvalue weighted by Crippen LogP contribution is 2.50. The van der Waals surface area contributed by atoms with E-state index >= 15 is 0 Å². The largest absolute Gasteiger partial charge is 0.504 e. The lowest BCUT2D eigenvalue weighted by Crippen LogP contribution is -2.09. The predicted octanol–water partition coefficient (Wildman–Crippen LogP) is 6.99. The van der Waals surface area contributed by atoms with Crippen LogP contribution in [0, 0.1) is 13.8 Å². The van der Waals surface area contributed by atoms with Crippen LogP contribution in [-0.2, 0) is 0 Å². The molecular weight excluding hydrogens is 543 g/mol. The van der Waals surface area contributed by atoms with Crippen LogP contribution in [0.2, 0.25) is 0 Å². The Bertz CT molecular complexity index is 1440. The van der Waals surface area contributed by atoms with E-state index in [0.717, 1.165) is 33.2 Å². The van der Waals surface area contributed by atoms with E-state index in [9.17, 15) is 5.11 Å². The van der Waals surface area contributed by atoms with Gasteiger partial charge in [-0.05, 0) is 25.7 Å². The maximum atomic E-state index is 11.1. The summed E-state index contributed by atoms with van der Waals surface area (Å²) in [4.78, 5) is 10.1.